The van der Waals surface area contributed by atoms with E-state index in [9.17, 15) is 4.79 Å². The molecule has 0 bridgehead atoms. The van der Waals surface area contributed by atoms with Gasteiger partial charge >= 0.3 is 0 Å². The van der Waals surface area contributed by atoms with E-state index in [-0.39, 0.29) is 17.2 Å². The average molecular weight is 376 g/mol. The van der Waals surface area contributed by atoms with Gasteiger partial charge in [0.15, 0.2) is 5.78 Å². The fourth-order valence-electron chi connectivity index (χ4n) is 4.27. The zero-order valence-electron chi connectivity index (χ0n) is 17.4. The van der Waals surface area contributed by atoms with Gasteiger partial charge < -0.3 is 15.5 Å². The Morgan fingerprint density at radius 2 is 1.71 bits per heavy atom. The molecule has 146 valence electrons. The third-order valence-corrected chi connectivity index (χ3v) is 5.71. The maximum atomic E-state index is 13.2. The number of hydrogen-bond donors (Lipinski definition) is 2. The lowest BCUT2D eigenvalue weighted by Crippen LogP contribution is -2.31. The molecule has 0 radical (unpaired) electrons. The van der Waals surface area contributed by atoms with Crippen molar-refractivity contribution < 1.29 is 4.79 Å². The quantitative estimate of drug-likeness (QED) is 0.749. The first-order valence-electron chi connectivity index (χ1n) is 9.91. The molecule has 0 unspecified atom stereocenters. The highest BCUT2D eigenvalue weighted by atomic mass is 16.1. The lowest BCUT2D eigenvalue weighted by Gasteiger charge is -2.34. The molecule has 1 aliphatic heterocycles. The molecule has 1 aliphatic carbocycles. The van der Waals surface area contributed by atoms with E-state index in [0.29, 0.717) is 6.42 Å². The third-order valence-electron chi connectivity index (χ3n) is 5.71. The molecule has 0 amide bonds. The van der Waals surface area contributed by atoms with Crippen molar-refractivity contribution in [2.24, 2.45) is 5.41 Å². The molecule has 28 heavy (non-hydrogen) atoms. The summed E-state index contributed by atoms with van der Waals surface area (Å²) >= 11 is 0. The molecule has 0 aromatic heterocycles. The van der Waals surface area contributed by atoms with Crippen LogP contribution in [-0.2, 0) is 4.79 Å². The van der Waals surface area contributed by atoms with E-state index in [0.717, 1.165) is 40.3 Å². The molecule has 0 spiro atoms. The van der Waals surface area contributed by atoms with Crippen molar-refractivity contribution in [1.82, 2.24) is 0 Å². The smallest absolute Gasteiger partial charge is 0.163 e. The van der Waals surface area contributed by atoms with Crippen LogP contribution >= 0.6 is 0 Å². The summed E-state index contributed by atoms with van der Waals surface area (Å²) in [6.07, 6.45) is 1.45. The third kappa shape index (κ3) is 3.39. The minimum atomic E-state index is -0.148. The highest BCUT2D eigenvalue weighted by Gasteiger charge is 2.38. The van der Waals surface area contributed by atoms with Gasteiger partial charge in [-0.2, -0.15) is 0 Å². The van der Waals surface area contributed by atoms with Crippen molar-refractivity contribution in [3.63, 3.8) is 0 Å². The minimum absolute atomic E-state index is 0.0303. The van der Waals surface area contributed by atoms with Crippen molar-refractivity contribution in [2.45, 2.75) is 39.7 Å². The Hall–Kier alpha value is -2.75. The van der Waals surface area contributed by atoms with Crippen LogP contribution in [0.2, 0.25) is 0 Å². The van der Waals surface area contributed by atoms with Gasteiger partial charge in [-0.1, -0.05) is 32.0 Å². The van der Waals surface area contributed by atoms with Crippen LogP contribution in [0.25, 0.3) is 0 Å². The van der Waals surface area contributed by atoms with Crippen LogP contribution < -0.4 is 15.5 Å². The number of carbonyl (C=O) groups is 1. The number of carbonyl (C=O) groups excluding carboxylic acids is 1. The standard InChI is InChI=1S/C24H29N3O/c1-15-6-11-18-19(12-15)26-23(16-7-9-17(10-8-16)27(4)5)22-20(25-18)13-24(2,3)14-21(22)28/h6-12,23,25-26H,13-14H2,1-5H3/t23-/m0/s1. The Balaban J connectivity index is 1.84. The largest absolute Gasteiger partial charge is 0.378 e. The number of nitrogens with zero attached hydrogens (tertiary/aromatic N) is 1. The molecule has 2 aromatic carbocycles. The number of benzene rings is 2. The molecule has 4 nitrogen and oxygen atoms in total. The molecular weight excluding hydrogens is 346 g/mol. The minimum Gasteiger partial charge on any atom is -0.378 e. The zero-order chi connectivity index (χ0) is 20.1. The summed E-state index contributed by atoms with van der Waals surface area (Å²) < 4.78 is 0. The number of nitrogens with one attached hydrogen (secondary N) is 2. The van der Waals surface area contributed by atoms with Crippen LogP contribution in [0, 0.1) is 12.3 Å². The van der Waals surface area contributed by atoms with Gasteiger partial charge in [0, 0.05) is 37.5 Å². The maximum absolute atomic E-state index is 13.2. The number of hydrogen-bond acceptors (Lipinski definition) is 4. The summed E-state index contributed by atoms with van der Waals surface area (Å²) in [7, 11) is 4.07. The Bertz CT molecular complexity index is 954. The van der Waals surface area contributed by atoms with Gasteiger partial charge in [-0.05, 0) is 54.2 Å². The van der Waals surface area contributed by atoms with Gasteiger partial charge in [0.25, 0.3) is 0 Å². The van der Waals surface area contributed by atoms with E-state index < -0.39 is 0 Å². The fourth-order valence-corrected chi connectivity index (χ4v) is 4.27. The van der Waals surface area contributed by atoms with Gasteiger partial charge in [0.05, 0.1) is 17.4 Å². The van der Waals surface area contributed by atoms with Crippen molar-refractivity contribution in [2.75, 3.05) is 29.6 Å². The molecule has 2 aromatic rings. The number of Topliss-reactive ketones (excluding diaryl/α,β-unsaturated/α-hetero) is 1. The lowest BCUT2D eigenvalue weighted by molar-refractivity contribution is -0.118. The van der Waals surface area contributed by atoms with E-state index in [1.807, 2.05) is 14.1 Å². The van der Waals surface area contributed by atoms with E-state index in [1.165, 1.54) is 5.56 Å². The van der Waals surface area contributed by atoms with E-state index >= 15 is 0 Å². The molecule has 1 atom stereocenters. The van der Waals surface area contributed by atoms with Gasteiger partial charge in [0.2, 0.25) is 0 Å². The zero-order valence-corrected chi connectivity index (χ0v) is 17.4. The summed E-state index contributed by atoms with van der Waals surface area (Å²) in [5, 5.41) is 7.26. The monoisotopic (exact) mass is 375 g/mol. The Morgan fingerprint density at radius 1 is 1.00 bits per heavy atom. The molecule has 4 heteroatoms. The second-order valence-electron chi connectivity index (χ2n) is 9.07. The number of fused-ring (bicyclic) bond motifs is 1. The predicted octanol–water partition coefficient (Wildman–Crippen LogP) is 5.28. The van der Waals surface area contributed by atoms with Crippen LogP contribution in [-0.4, -0.2) is 19.9 Å². The summed E-state index contributed by atoms with van der Waals surface area (Å²) in [4.78, 5) is 15.3. The topological polar surface area (TPSA) is 44.4 Å². The first-order valence-corrected chi connectivity index (χ1v) is 9.91. The van der Waals surface area contributed by atoms with Crippen molar-refractivity contribution in [1.29, 1.82) is 0 Å². The molecule has 0 saturated carbocycles. The van der Waals surface area contributed by atoms with E-state index in [4.69, 9.17) is 0 Å². The lowest BCUT2D eigenvalue weighted by atomic mass is 9.73. The second kappa shape index (κ2) is 6.69. The van der Waals surface area contributed by atoms with Crippen LogP contribution in [0.3, 0.4) is 0 Å². The molecule has 2 aliphatic rings. The first kappa shape index (κ1) is 18.6. The van der Waals surface area contributed by atoms with Crippen LogP contribution in [0.15, 0.2) is 53.7 Å². The van der Waals surface area contributed by atoms with Crippen LogP contribution in [0.4, 0.5) is 17.1 Å². The highest BCUT2D eigenvalue weighted by molar-refractivity contribution is 6.01. The highest BCUT2D eigenvalue weighted by Crippen LogP contribution is 2.45. The number of allylic oxidation sites excluding steroid dienone is 1. The maximum Gasteiger partial charge on any atom is 0.163 e. The number of anilines is 3. The molecule has 0 saturated heterocycles. The summed E-state index contributed by atoms with van der Waals surface area (Å²) in [6.45, 7) is 6.44. The molecule has 2 N–H and O–H groups in total. The van der Waals surface area contributed by atoms with Crippen LogP contribution in [0.5, 0.6) is 0 Å². The van der Waals surface area contributed by atoms with Crippen molar-refractivity contribution >= 4 is 22.8 Å². The van der Waals surface area contributed by atoms with Gasteiger partial charge in [-0.25, -0.2) is 0 Å². The van der Waals surface area contributed by atoms with Gasteiger partial charge in [-0.15, -0.1) is 0 Å². The normalized spacial score (nSPS) is 20.5. The number of ketones is 1. The second-order valence-corrected chi connectivity index (χ2v) is 9.07. The van der Waals surface area contributed by atoms with Gasteiger partial charge in [-0.3, -0.25) is 4.79 Å². The first-order chi connectivity index (χ1) is 13.2. The average Bonchev–Trinajstić information content (AvgIpc) is 2.77. The predicted molar refractivity (Wildman–Crippen MR) is 117 cm³/mol. The summed E-state index contributed by atoms with van der Waals surface area (Å²) in [5.74, 6) is 0.234. The van der Waals surface area contributed by atoms with Crippen LogP contribution in [0.1, 0.15) is 43.9 Å². The fraction of sp³-hybridized carbons (Fsp3) is 0.375. The Kier molecular flexibility index (Phi) is 4.45. The molecule has 0 fully saturated rings. The van der Waals surface area contributed by atoms with E-state index in [2.05, 4.69) is 78.8 Å². The SMILES string of the molecule is Cc1ccc2c(c1)N[C@@H](c1ccc(N(C)C)cc1)C1=C(CC(C)(C)CC1=O)N2. The van der Waals surface area contributed by atoms with Crippen molar-refractivity contribution in [3.05, 3.63) is 64.9 Å². The number of rotatable bonds is 2. The summed E-state index contributed by atoms with van der Waals surface area (Å²) in [5.41, 5.74) is 7.44. The number of aryl methyl sites for hydroxylation is 1. The van der Waals surface area contributed by atoms with Gasteiger partial charge in [0.1, 0.15) is 0 Å². The van der Waals surface area contributed by atoms with Crippen molar-refractivity contribution in [3.8, 4) is 0 Å². The summed E-state index contributed by atoms with van der Waals surface area (Å²) in [6, 6.07) is 14.7. The Morgan fingerprint density at radius 3 is 2.39 bits per heavy atom. The molecule has 4 rings (SSSR count). The van der Waals surface area contributed by atoms with E-state index in [1.54, 1.807) is 0 Å². The molecular formula is C24H29N3O. The Labute approximate surface area is 167 Å². The molecule has 1 heterocycles.